The second kappa shape index (κ2) is 5.53. The van der Waals surface area contributed by atoms with Crippen LogP contribution >= 0.6 is 0 Å². The molecule has 54 valence electrons. The molecule has 0 aromatic carbocycles. The first-order valence-electron chi connectivity index (χ1n) is 2.79. The lowest BCUT2D eigenvalue weighted by molar-refractivity contribution is 0.214. The van der Waals surface area contributed by atoms with Crippen molar-refractivity contribution in [2.75, 3.05) is 20.7 Å². The van der Waals surface area contributed by atoms with Crippen molar-refractivity contribution < 1.29 is 4.84 Å². The largest absolute Gasteiger partial charge is 0.399 e. The van der Waals surface area contributed by atoms with Gasteiger partial charge in [0.05, 0.1) is 12.3 Å². The summed E-state index contributed by atoms with van der Waals surface area (Å²) in [5.74, 6) is 0. The van der Waals surface area contributed by atoms with Crippen LogP contribution in [0.3, 0.4) is 0 Å². The number of nitrogens with two attached hydrogens (primary N) is 1. The molecule has 0 fully saturated rings. The zero-order valence-electron chi connectivity index (χ0n) is 5.79. The average Bonchev–Trinajstić information content (AvgIpc) is 1.91. The molecular weight excluding hydrogens is 118 g/mol. The molecule has 9 heavy (non-hydrogen) atoms. The van der Waals surface area contributed by atoms with Crippen LogP contribution in [0.5, 0.6) is 0 Å². The SMILES string of the molecule is CNC(C=NOC)CN. The van der Waals surface area contributed by atoms with Crippen LogP contribution in [0.25, 0.3) is 0 Å². The van der Waals surface area contributed by atoms with Gasteiger partial charge in [-0.2, -0.15) is 0 Å². The number of hydrogen-bond donors (Lipinski definition) is 2. The van der Waals surface area contributed by atoms with Crippen molar-refractivity contribution in [3.8, 4) is 0 Å². The Kier molecular flexibility index (Phi) is 5.15. The zero-order chi connectivity index (χ0) is 7.11. The van der Waals surface area contributed by atoms with Crippen molar-refractivity contribution >= 4 is 6.21 Å². The van der Waals surface area contributed by atoms with Gasteiger partial charge in [0.2, 0.25) is 0 Å². The Morgan fingerprint density at radius 3 is 2.89 bits per heavy atom. The predicted molar refractivity (Wildman–Crippen MR) is 37.4 cm³/mol. The van der Waals surface area contributed by atoms with Crippen molar-refractivity contribution in [2.45, 2.75) is 6.04 Å². The molecule has 0 rings (SSSR count). The van der Waals surface area contributed by atoms with Gasteiger partial charge in [-0.25, -0.2) is 0 Å². The van der Waals surface area contributed by atoms with E-state index < -0.39 is 0 Å². The summed E-state index contributed by atoms with van der Waals surface area (Å²) < 4.78 is 0. The maximum Gasteiger partial charge on any atom is 0.106 e. The third-order valence-electron chi connectivity index (χ3n) is 0.971. The predicted octanol–water partition coefficient (Wildman–Crippen LogP) is -0.835. The van der Waals surface area contributed by atoms with E-state index in [1.165, 1.54) is 7.11 Å². The third kappa shape index (κ3) is 3.93. The summed E-state index contributed by atoms with van der Waals surface area (Å²) in [5, 5.41) is 6.48. The fourth-order valence-corrected chi connectivity index (χ4v) is 0.388. The maximum atomic E-state index is 5.31. The molecule has 0 amide bonds. The standard InChI is InChI=1S/C5H13N3O/c1-7-5(3-6)4-8-9-2/h4-5,7H,3,6H2,1-2H3. The molecule has 0 radical (unpaired) electrons. The van der Waals surface area contributed by atoms with Gasteiger partial charge in [-0.05, 0) is 7.05 Å². The van der Waals surface area contributed by atoms with Crippen LogP contribution in [0.4, 0.5) is 0 Å². The molecule has 0 saturated heterocycles. The summed E-state index contributed by atoms with van der Waals surface area (Å²) in [6.07, 6.45) is 1.62. The second-order valence-corrected chi connectivity index (χ2v) is 1.57. The molecule has 0 aliphatic rings. The van der Waals surface area contributed by atoms with E-state index in [9.17, 15) is 0 Å². The van der Waals surface area contributed by atoms with Crippen LogP contribution in [0, 0.1) is 0 Å². The molecule has 0 spiro atoms. The van der Waals surface area contributed by atoms with E-state index in [0.717, 1.165) is 0 Å². The van der Waals surface area contributed by atoms with Crippen molar-refractivity contribution in [1.82, 2.24) is 5.32 Å². The molecule has 4 nitrogen and oxygen atoms in total. The number of hydrogen-bond acceptors (Lipinski definition) is 4. The fraction of sp³-hybridized carbons (Fsp3) is 0.800. The quantitative estimate of drug-likeness (QED) is 0.386. The van der Waals surface area contributed by atoms with Gasteiger partial charge in [0.25, 0.3) is 0 Å². The second-order valence-electron chi connectivity index (χ2n) is 1.57. The van der Waals surface area contributed by atoms with E-state index in [-0.39, 0.29) is 6.04 Å². The summed E-state index contributed by atoms with van der Waals surface area (Å²) in [5.41, 5.74) is 5.31. The lowest BCUT2D eigenvalue weighted by atomic mass is 10.3. The van der Waals surface area contributed by atoms with Crippen molar-refractivity contribution in [1.29, 1.82) is 0 Å². The highest BCUT2D eigenvalue weighted by Crippen LogP contribution is 1.72. The van der Waals surface area contributed by atoms with Gasteiger partial charge >= 0.3 is 0 Å². The zero-order valence-corrected chi connectivity index (χ0v) is 5.79. The van der Waals surface area contributed by atoms with E-state index in [2.05, 4.69) is 15.3 Å². The highest BCUT2D eigenvalue weighted by Gasteiger charge is 1.95. The normalized spacial score (nSPS) is 14.1. The summed E-state index contributed by atoms with van der Waals surface area (Å²) >= 11 is 0. The molecule has 0 aliphatic heterocycles. The first-order chi connectivity index (χ1) is 4.35. The Morgan fingerprint density at radius 2 is 2.56 bits per heavy atom. The maximum absolute atomic E-state index is 5.31. The molecule has 0 aromatic rings. The Hall–Kier alpha value is -0.610. The van der Waals surface area contributed by atoms with Gasteiger partial charge in [0.15, 0.2) is 0 Å². The molecule has 3 N–H and O–H groups in total. The minimum Gasteiger partial charge on any atom is -0.399 e. The van der Waals surface area contributed by atoms with Gasteiger partial charge < -0.3 is 15.9 Å². The molecule has 4 heteroatoms. The molecule has 0 heterocycles. The Morgan fingerprint density at radius 1 is 1.89 bits per heavy atom. The first-order valence-corrected chi connectivity index (χ1v) is 2.79. The number of rotatable bonds is 4. The van der Waals surface area contributed by atoms with Crippen LogP contribution in [0.2, 0.25) is 0 Å². The number of oxime groups is 1. The van der Waals surface area contributed by atoms with Gasteiger partial charge in [0, 0.05) is 6.54 Å². The lowest BCUT2D eigenvalue weighted by Crippen LogP contribution is -2.34. The fourth-order valence-electron chi connectivity index (χ4n) is 0.388. The summed E-state index contributed by atoms with van der Waals surface area (Å²) in [6, 6.07) is 0.116. The molecule has 0 aromatic heterocycles. The highest BCUT2D eigenvalue weighted by atomic mass is 16.6. The van der Waals surface area contributed by atoms with Crippen LogP contribution in [-0.2, 0) is 4.84 Å². The highest BCUT2D eigenvalue weighted by molar-refractivity contribution is 5.63. The minimum atomic E-state index is 0.116. The smallest absolute Gasteiger partial charge is 0.106 e. The van der Waals surface area contributed by atoms with E-state index >= 15 is 0 Å². The van der Waals surface area contributed by atoms with Crippen molar-refractivity contribution in [3.05, 3.63) is 0 Å². The number of nitrogens with zero attached hydrogens (tertiary/aromatic N) is 1. The van der Waals surface area contributed by atoms with E-state index in [4.69, 9.17) is 5.73 Å². The summed E-state index contributed by atoms with van der Waals surface area (Å²) in [7, 11) is 3.32. The van der Waals surface area contributed by atoms with Gasteiger partial charge in [-0.15, -0.1) is 0 Å². The van der Waals surface area contributed by atoms with Gasteiger partial charge in [0.1, 0.15) is 7.11 Å². The van der Waals surface area contributed by atoms with Crippen molar-refractivity contribution in [3.63, 3.8) is 0 Å². The first kappa shape index (κ1) is 8.39. The van der Waals surface area contributed by atoms with Crippen LogP contribution < -0.4 is 11.1 Å². The molecular formula is C5H13N3O. The van der Waals surface area contributed by atoms with Crippen LogP contribution in [-0.4, -0.2) is 33.0 Å². The monoisotopic (exact) mass is 131 g/mol. The third-order valence-corrected chi connectivity index (χ3v) is 0.971. The lowest BCUT2D eigenvalue weighted by Gasteiger charge is -2.04. The minimum absolute atomic E-state index is 0.116. The van der Waals surface area contributed by atoms with E-state index in [1.807, 2.05) is 7.05 Å². The summed E-state index contributed by atoms with van der Waals surface area (Å²) in [6.45, 7) is 0.531. The Bertz CT molecular complexity index is 80.3. The summed E-state index contributed by atoms with van der Waals surface area (Å²) in [4.78, 5) is 4.45. The van der Waals surface area contributed by atoms with E-state index in [0.29, 0.717) is 6.54 Å². The Labute approximate surface area is 55.1 Å². The van der Waals surface area contributed by atoms with Crippen LogP contribution in [0.1, 0.15) is 0 Å². The molecule has 1 atom stereocenters. The number of likely N-dealkylation sites (N-methyl/N-ethyl adjacent to an activating group) is 1. The topological polar surface area (TPSA) is 59.6 Å². The molecule has 1 unspecified atom stereocenters. The Balaban J connectivity index is 3.41. The van der Waals surface area contributed by atoms with Crippen LogP contribution in [0.15, 0.2) is 5.16 Å². The average molecular weight is 131 g/mol. The molecule has 0 bridgehead atoms. The molecule has 0 aliphatic carbocycles. The van der Waals surface area contributed by atoms with Gasteiger partial charge in [-0.1, -0.05) is 5.16 Å². The molecule has 0 saturated carbocycles. The number of nitrogens with one attached hydrogen (secondary N) is 1. The van der Waals surface area contributed by atoms with E-state index in [1.54, 1.807) is 6.21 Å². The van der Waals surface area contributed by atoms with Gasteiger partial charge in [-0.3, -0.25) is 0 Å². The van der Waals surface area contributed by atoms with Crippen molar-refractivity contribution in [2.24, 2.45) is 10.9 Å².